The lowest BCUT2D eigenvalue weighted by Gasteiger charge is -2.15. The fourth-order valence-corrected chi connectivity index (χ4v) is 3.37. The summed E-state index contributed by atoms with van der Waals surface area (Å²) in [5.41, 5.74) is 0.0373. The van der Waals surface area contributed by atoms with Crippen LogP contribution in [0.1, 0.15) is 21.0 Å². The van der Waals surface area contributed by atoms with Crippen LogP contribution >= 0.6 is 0 Å². The quantitative estimate of drug-likeness (QED) is 0.158. The third-order valence-corrected chi connectivity index (χ3v) is 6.06. The van der Waals surface area contributed by atoms with E-state index in [9.17, 15) is 14.4 Å². The first kappa shape index (κ1) is 21.5. The van der Waals surface area contributed by atoms with Crippen LogP contribution in [0.3, 0.4) is 0 Å². The van der Waals surface area contributed by atoms with Gasteiger partial charge < -0.3 is 14.0 Å². The third-order valence-electron chi connectivity index (χ3n) is 4.36. The van der Waals surface area contributed by atoms with E-state index in [-0.39, 0.29) is 29.6 Å². The van der Waals surface area contributed by atoms with Crippen LogP contribution in [-0.4, -0.2) is 63.3 Å². The number of rotatable bonds is 10. The van der Waals surface area contributed by atoms with Crippen LogP contribution in [0.4, 0.5) is 0 Å². The van der Waals surface area contributed by atoms with E-state index < -0.39 is 25.4 Å². The molecule has 0 aliphatic carbocycles. The largest absolute Gasteiger partial charge is 0.481 e. The molecule has 3 heterocycles. The number of methoxy groups -OCH3 is 1. The Morgan fingerprint density at radius 1 is 1.13 bits per heavy atom. The van der Waals surface area contributed by atoms with Gasteiger partial charge in [0.05, 0.1) is 18.9 Å². The Kier molecular flexibility index (Phi) is 6.22. The molecule has 158 valence electrons. The van der Waals surface area contributed by atoms with Crippen molar-refractivity contribution in [1.82, 2.24) is 24.1 Å². The number of ether oxygens (including phenoxy) is 2. The van der Waals surface area contributed by atoms with Crippen molar-refractivity contribution in [2.45, 2.75) is 32.4 Å². The Morgan fingerprint density at radius 3 is 2.60 bits per heavy atom. The van der Waals surface area contributed by atoms with Crippen molar-refractivity contribution >= 4 is 31.1 Å². The third kappa shape index (κ3) is 4.68. The highest BCUT2D eigenvalue weighted by Gasteiger charge is 2.31. The molecule has 0 atom stereocenters. The molecule has 0 fully saturated rings. The Morgan fingerprint density at radius 2 is 1.90 bits per heavy atom. The molecular weight excluding hydrogens is 406 g/mol. The zero-order valence-electron chi connectivity index (χ0n) is 17.3. The number of hydrogen-bond donors (Lipinski definition) is 0. The molecule has 0 aliphatic rings. The highest BCUT2D eigenvalue weighted by atomic mass is 28.3. The van der Waals surface area contributed by atoms with Crippen LogP contribution in [0.5, 0.6) is 5.88 Å². The van der Waals surface area contributed by atoms with E-state index in [4.69, 9.17) is 9.47 Å². The molecule has 0 saturated carbocycles. The molecule has 0 aromatic carbocycles. The normalized spacial score (nSPS) is 11.6. The Hall–Kier alpha value is -3.18. The maximum absolute atomic E-state index is 12.7. The number of nitrogens with zero attached hydrogens (tertiary/aromatic N) is 5. The SMILES string of the molecule is COc1ccn2ncc(C(=O)C(=O)C(=O)c3nccn3COCC[Si](C)(C)C)c2n1. The van der Waals surface area contributed by atoms with Crippen molar-refractivity contribution in [3.8, 4) is 5.88 Å². The molecule has 0 N–H and O–H groups in total. The molecule has 0 spiro atoms. The number of Topliss-reactive ketones (excluding diaryl/α,β-unsaturated/α-hetero) is 3. The van der Waals surface area contributed by atoms with Crippen molar-refractivity contribution in [1.29, 1.82) is 0 Å². The van der Waals surface area contributed by atoms with Crippen LogP contribution in [0.25, 0.3) is 5.65 Å². The second kappa shape index (κ2) is 8.67. The second-order valence-corrected chi connectivity index (χ2v) is 13.5. The van der Waals surface area contributed by atoms with Gasteiger partial charge in [0.15, 0.2) is 11.5 Å². The summed E-state index contributed by atoms with van der Waals surface area (Å²) in [6.07, 6.45) is 5.64. The molecular formula is C19H23N5O5Si. The average Bonchev–Trinajstić information content (AvgIpc) is 3.35. The molecule has 0 radical (unpaired) electrons. The van der Waals surface area contributed by atoms with Crippen molar-refractivity contribution < 1.29 is 23.9 Å². The first-order valence-corrected chi connectivity index (χ1v) is 13.0. The number of imidazole rings is 1. The van der Waals surface area contributed by atoms with Gasteiger partial charge in [-0.1, -0.05) is 19.6 Å². The lowest BCUT2D eigenvalue weighted by Crippen LogP contribution is -2.27. The van der Waals surface area contributed by atoms with Gasteiger partial charge in [-0.05, 0) is 6.04 Å². The van der Waals surface area contributed by atoms with Crippen LogP contribution < -0.4 is 4.74 Å². The Balaban J connectivity index is 1.74. The summed E-state index contributed by atoms with van der Waals surface area (Å²) in [7, 11) is 0.181. The van der Waals surface area contributed by atoms with Crippen LogP contribution in [-0.2, 0) is 16.3 Å². The number of carbonyl (C=O) groups excluding carboxylic acids is 3. The van der Waals surface area contributed by atoms with E-state index in [1.165, 1.54) is 41.0 Å². The van der Waals surface area contributed by atoms with E-state index in [1.807, 2.05) is 0 Å². The molecule has 3 rings (SSSR count). The van der Waals surface area contributed by atoms with Crippen LogP contribution in [0, 0.1) is 0 Å². The minimum atomic E-state index is -1.25. The summed E-state index contributed by atoms with van der Waals surface area (Å²) in [6, 6.07) is 2.52. The van der Waals surface area contributed by atoms with Crippen molar-refractivity contribution in [3.05, 3.63) is 42.2 Å². The zero-order valence-corrected chi connectivity index (χ0v) is 18.3. The minimum absolute atomic E-state index is 0.0719. The topological polar surface area (TPSA) is 118 Å². The van der Waals surface area contributed by atoms with E-state index >= 15 is 0 Å². The zero-order chi connectivity index (χ0) is 21.9. The van der Waals surface area contributed by atoms with Gasteiger partial charge >= 0.3 is 0 Å². The summed E-state index contributed by atoms with van der Waals surface area (Å²) >= 11 is 0. The molecule has 11 heteroatoms. The fourth-order valence-electron chi connectivity index (χ4n) is 2.62. The van der Waals surface area contributed by atoms with Crippen molar-refractivity contribution in [2.75, 3.05) is 13.7 Å². The number of fused-ring (bicyclic) bond motifs is 1. The number of aromatic nitrogens is 5. The molecule has 3 aromatic rings. The van der Waals surface area contributed by atoms with E-state index in [2.05, 4.69) is 34.7 Å². The molecule has 0 saturated heterocycles. The number of ketones is 3. The number of hydrogen-bond acceptors (Lipinski definition) is 8. The van der Waals surface area contributed by atoms with E-state index in [0.717, 1.165) is 6.04 Å². The van der Waals surface area contributed by atoms with Crippen LogP contribution in [0.2, 0.25) is 25.7 Å². The molecule has 0 bridgehead atoms. The molecule has 30 heavy (non-hydrogen) atoms. The second-order valence-electron chi connectivity index (χ2n) is 7.85. The Labute approximate surface area is 173 Å². The first-order chi connectivity index (χ1) is 14.2. The monoisotopic (exact) mass is 429 g/mol. The summed E-state index contributed by atoms with van der Waals surface area (Å²) in [5, 5.41) is 3.98. The molecule has 0 aliphatic heterocycles. The van der Waals surface area contributed by atoms with Gasteiger partial charge in [-0.2, -0.15) is 10.1 Å². The van der Waals surface area contributed by atoms with Gasteiger partial charge in [-0.25, -0.2) is 9.50 Å². The predicted molar refractivity (Wildman–Crippen MR) is 110 cm³/mol. The van der Waals surface area contributed by atoms with Gasteiger partial charge in [0.25, 0.3) is 11.6 Å². The van der Waals surface area contributed by atoms with Gasteiger partial charge in [-0.3, -0.25) is 14.4 Å². The van der Waals surface area contributed by atoms with Crippen molar-refractivity contribution in [3.63, 3.8) is 0 Å². The molecule has 10 nitrogen and oxygen atoms in total. The lowest BCUT2D eigenvalue weighted by atomic mass is 10.1. The maximum Gasteiger partial charge on any atom is 0.277 e. The standard InChI is InChI=1S/C19H23N5O5Si/c1-28-14-5-7-24-18(22-14)13(11-21-24)15(25)16(26)17(27)19-20-6-8-23(19)12-29-9-10-30(2,3)4/h5-8,11H,9-10,12H2,1-4H3. The highest BCUT2D eigenvalue weighted by Crippen LogP contribution is 2.15. The summed E-state index contributed by atoms with van der Waals surface area (Å²) in [6.45, 7) is 7.32. The van der Waals surface area contributed by atoms with E-state index in [0.29, 0.717) is 6.61 Å². The summed E-state index contributed by atoms with van der Waals surface area (Å²) in [4.78, 5) is 45.9. The van der Waals surface area contributed by atoms with Crippen LogP contribution in [0.15, 0.2) is 30.9 Å². The minimum Gasteiger partial charge on any atom is -0.481 e. The van der Waals surface area contributed by atoms with E-state index in [1.54, 1.807) is 6.07 Å². The van der Waals surface area contributed by atoms with Crippen molar-refractivity contribution in [2.24, 2.45) is 0 Å². The lowest BCUT2D eigenvalue weighted by molar-refractivity contribution is -0.111. The van der Waals surface area contributed by atoms with Gasteiger partial charge in [-0.15, -0.1) is 0 Å². The summed E-state index contributed by atoms with van der Waals surface area (Å²) in [5.74, 6) is -3.14. The molecule has 0 unspecified atom stereocenters. The smallest absolute Gasteiger partial charge is 0.277 e. The molecule has 0 amide bonds. The first-order valence-electron chi connectivity index (χ1n) is 9.32. The number of carbonyl (C=O) groups is 3. The van der Waals surface area contributed by atoms with Gasteiger partial charge in [0.1, 0.15) is 6.73 Å². The predicted octanol–water partition coefficient (Wildman–Crippen LogP) is 1.88. The highest BCUT2D eigenvalue weighted by molar-refractivity contribution is 6.76. The fraction of sp³-hybridized carbons (Fsp3) is 0.368. The maximum atomic E-state index is 12.7. The molecule has 3 aromatic heterocycles. The Bertz CT molecular complexity index is 1100. The van der Waals surface area contributed by atoms with Gasteiger partial charge in [0.2, 0.25) is 11.7 Å². The summed E-state index contributed by atoms with van der Waals surface area (Å²) < 4.78 is 13.4. The van der Waals surface area contributed by atoms with Gasteiger partial charge in [0, 0.05) is 39.3 Å². The average molecular weight is 430 g/mol.